The highest BCUT2D eigenvalue weighted by Gasteiger charge is 2.07. The standard InChI is InChI=1S/C10H7FN2/c1-3-7-4-5-9-8(10(7)11)6-12-13(9)2/h1,4-6H,2H3. The average molecular weight is 174 g/mol. The number of terminal acetylenes is 1. The third kappa shape index (κ3) is 0.994. The summed E-state index contributed by atoms with van der Waals surface area (Å²) < 4.78 is 15.1. The summed E-state index contributed by atoms with van der Waals surface area (Å²) >= 11 is 0. The third-order valence-corrected chi connectivity index (χ3v) is 2.02. The summed E-state index contributed by atoms with van der Waals surface area (Å²) in [7, 11) is 1.76. The lowest BCUT2D eigenvalue weighted by Crippen LogP contribution is -1.90. The van der Waals surface area contributed by atoms with Crippen LogP contribution in [-0.4, -0.2) is 9.78 Å². The van der Waals surface area contributed by atoms with Crippen molar-refractivity contribution < 1.29 is 4.39 Å². The minimum atomic E-state index is -0.367. The monoisotopic (exact) mass is 174 g/mol. The highest BCUT2D eigenvalue weighted by molar-refractivity contribution is 5.81. The van der Waals surface area contributed by atoms with Crippen molar-refractivity contribution in [1.82, 2.24) is 9.78 Å². The Labute approximate surface area is 75.0 Å². The molecule has 1 aromatic carbocycles. The molecule has 0 saturated heterocycles. The van der Waals surface area contributed by atoms with Crippen LogP contribution in [0.5, 0.6) is 0 Å². The van der Waals surface area contributed by atoms with E-state index in [1.165, 1.54) is 6.20 Å². The number of hydrogen-bond acceptors (Lipinski definition) is 1. The Morgan fingerprint density at radius 3 is 3.00 bits per heavy atom. The van der Waals surface area contributed by atoms with Crippen LogP contribution in [0.2, 0.25) is 0 Å². The number of halogens is 1. The van der Waals surface area contributed by atoms with Gasteiger partial charge in [0, 0.05) is 7.05 Å². The first-order valence-electron chi connectivity index (χ1n) is 3.81. The lowest BCUT2D eigenvalue weighted by Gasteiger charge is -1.97. The Balaban J connectivity index is 2.90. The smallest absolute Gasteiger partial charge is 0.149 e. The first kappa shape index (κ1) is 7.81. The summed E-state index contributed by atoms with van der Waals surface area (Å²) in [6, 6.07) is 3.35. The number of rotatable bonds is 0. The van der Waals surface area contributed by atoms with Gasteiger partial charge in [0.25, 0.3) is 0 Å². The number of benzene rings is 1. The molecule has 0 radical (unpaired) electrons. The first-order chi connectivity index (χ1) is 6.24. The molecule has 2 aromatic rings. The van der Waals surface area contributed by atoms with Gasteiger partial charge in [0.1, 0.15) is 5.82 Å². The molecule has 0 fully saturated rings. The lowest BCUT2D eigenvalue weighted by atomic mass is 10.1. The van der Waals surface area contributed by atoms with Crippen molar-refractivity contribution in [3.8, 4) is 12.3 Å². The van der Waals surface area contributed by atoms with E-state index in [-0.39, 0.29) is 11.4 Å². The van der Waals surface area contributed by atoms with Crippen molar-refractivity contribution in [2.45, 2.75) is 0 Å². The zero-order chi connectivity index (χ0) is 9.42. The average Bonchev–Trinajstić information content (AvgIpc) is 2.50. The van der Waals surface area contributed by atoms with Gasteiger partial charge in [0.05, 0.1) is 22.7 Å². The van der Waals surface area contributed by atoms with Gasteiger partial charge in [-0.2, -0.15) is 5.10 Å². The van der Waals surface area contributed by atoms with Crippen molar-refractivity contribution in [3.63, 3.8) is 0 Å². The fourth-order valence-corrected chi connectivity index (χ4v) is 1.31. The minimum Gasteiger partial charge on any atom is -0.268 e. The molecule has 0 bridgehead atoms. The van der Waals surface area contributed by atoms with Gasteiger partial charge in [-0.05, 0) is 12.1 Å². The first-order valence-corrected chi connectivity index (χ1v) is 3.81. The normalized spacial score (nSPS) is 10.2. The molecule has 0 saturated carbocycles. The second-order valence-corrected chi connectivity index (χ2v) is 2.77. The molecule has 0 aliphatic rings. The van der Waals surface area contributed by atoms with E-state index in [2.05, 4.69) is 11.0 Å². The van der Waals surface area contributed by atoms with Gasteiger partial charge < -0.3 is 0 Å². The van der Waals surface area contributed by atoms with Crippen LogP contribution in [0.3, 0.4) is 0 Å². The van der Waals surface area contributed by atoms with Crippen LogP contribution in [0, 0.1) is 18.2 Å². The number of nitrogens with zero attached hydrogens (tertiary/aromatic N) is 2. The van der Waals surface area contributed by atoms with Crippen molar-refractivity contribution in [2.24, 2.45) is 7.05 Å². The molecule has 0 atom stereocenters. The van der Waals surface area contributed by atoms with Gasteiger partial charge in [0.2, 0.25) is 0 Å². The summed E-state index contributed by atoms with van der Waals surface area (Å²) in [6.07, 6.45) is 6.61. The van der Waals surface area contributed by atoms with Gasteiger partial charge in [-0.25, -0.2) is 4.39 Å². The molecule has 0 unspecified atom stereocenters. The van der Waals surface area contributed by atoms with E-state index in [0.29, 0.717) is 5.39 Å². The van der Waals surface area contributed by atoms with Crippen molar-refractivity contribution in [3.05, 3.63) is 29.7 Å². The highest BCUT2D eigenvalue weighted by atomic mass is 19.1. The maximum Gasteiger partial charge on any atom is 0.149 e. The summed E-state index contributed by atoms with van der Waals surface area (Å²) in [6.45, 7) is 0. The maximum absolute atomic E-state index is 13.5. The fraction of sp³-hybridized carbons (Fsp3) is 0.100. The third-order valence-electron chi connectivity index (χ3n) is 2.02. The Kier molecular flexibility index (Phi) is 1.56. The van der Waals surface area contributed by atoms with Crippen LogP contribution in [0.4, 0.5) is 4.39 Å². The Bertz CT molecular complexity index is 505. The van der Waals surface area contributed by atoms with Crippen LogP contribution in [0.15, 0.2) is 18.3 Å². The molecule has 3 heteroatoms. The molecule has 0 amide bonds. The number of aromatic nitrogens is 2. The maximum atomic E-state index is 13.5. The zero-order valence-corrected chi connectivity index (χ0v) is 7.08. The Morgan fingerprint density at radius 2 is 2.31 bits per heavy atom. The van der Waals surface area contributed by atoms with Crippen molar-refractivity contribution >= 4 is 10.9 Å². The van der Waals surface area contributed by atoms with E-state index in [1.807, 2.05) is 0 Å². The molecule has 0 spiro atoms. The molecule has 1 aromatic heterocycles. The van der Waals surface area contributed by atoms with Crippen molar-refractivity contribution in [2.75, 3.05) is 0 Å². The predicted molar refractivity (Wildman–Crippen MR) is 48.6 cm³/mol. The van der Waals surface area contributed by atoms with Gasteiger partial charge >= 0.3 is 0 Å². The quantitative estimate of drug-likeness (QED) is 0.556. The molecule has 13 heavy (non-hydrogen) atoms. The molecular weight excluding hydrogens is 167 g/mol. The summed E-state index contributed by atoms with van der Waals surface area (Å²) in [4.78, 5) is 0. The van der Waals surface area contributed by atoms with Gasteiger partial charge in [-0.1, -0.05) is 5.92 Å². The van der Waals surface area contributed by atoms with Crippen LogP contribution >= 0.6 is 0 Å². The number of aryl methyl sites for hydroxylation is 1. The molecule has 0 N–H and O–H groups in total. The summed E-state index contributed by atoms with van der Waals surface area (Å²) in [5.41, 5.74) is 1.03. The largest absolute Gasteiger partial charge is 0.268 e. The van der Waals surface area contributed by atoms with Crippen LogP contribution < -0.4 is 0 Å². The van der Waals surface area contributed by atoms with E-state index in [0.717, 1.165) is 5.52 Å². The Morgan fingerprint density at radius 1 is 1.54 bits per heavy atom. The second-order valence-electron chi connectivity index (χ2n) is 2.77. The number of fused-ring (bicyclic) bond motifs is 1. The fourth-order valence-electron chi connectivity index (χ4n) is 1.31. The van der Waals surface area contributed by atoms with E-state index in [4.69, 9.17) is 6.42 Å². The topological polar surface area (TPSA) is 17.8 Å². The van der Waals surface area contributed by atoms with Crippen LogP contribution in [-0.2, 0) is 7.05 Å². The van der Waals surface area contributed by atoms with Gasteiger partial charge in [-0.15, -0.1) is 6.42 Å². The highest BCUT2D eigenvalue weighted by Crippen LogP contribution is 2.19. The number of hydrogen-bond donors (Lipinski definition) is 0. The molecule has 0 aliphatic heterocycles. The zero-order valence-electron chi connectivity index (χ0n) is 7.08. The predicted octanol–water partition coefficient (Wildman–Crippen LogP) is 1.69. The second kappa shape index (κ2) is 2.60. The molecule has 1 heterocycles. The molecule has 2 nitrogen and oxygen atoms in total. The van der Waals surface area contributed by atoms with Gasteiger partial charge in [0.15, 0.2) is 0 Å². The van der Waals surface area contributed by atoms with E-state index in [9.17, 15) is 4.39 Å². The lowest BCUT2D eigenvalue weighted by molar-refractivity contribution is 0.636. The minimum absolute atomic E-state index is 0.278. The van der Waals surface area contributed by atoms with E-state index >= 15 is 0 Å². The summed E-state index contributed by atoms with van der Waals surface area (Å²) in [5, 5.41) is 4.41. The Hall–Kier alpha value is -1.82. The van der Waals surface area contributed by atoms with Crippen LogP contribution in [0.1, 0.15) is 5.56 Å². The molecule has 2 rings (SSSR count). The van der Waals surface area contributed by atoms with Gasteiger partial charge in [-0.3, -0.25) is 4.68 Å². The van der Waals surface area contributed by atoms with Crippen LogP contribution in [0.25, 0.3) is 10.9 Å². The SMILES string of the molecule is C#Cc1ccc2c(cnn2C)c1F. The van der Waals surface area contributed by atoms with E-state index < -0.39 is 0 Å². The van der Waals surface area contributed by atoms with E-state index in [1.54, 1.807) is 23.9 Å². The molecule has 64 valence electrons. The molecular formula is C10H7FN2. The summed E-state index contributed by atoms with van der Waals surface area (Å²) in [5.74, 6) is 1.92. The van der Waals surface area contributed by atoms with Crippen molar-refractivity contribution in [1.29, 1.82) is 0 Å². The molecule has 0 aliphatic carbocycles.